The highest BCUT2D eigenvalue weighted by atomic mass is 19.2. The first-order chi connectivity index (χ1) is 14.1. The monoisotopic (exact) mass is 392 g/mol. The molecule has 0 radical (unpaired) electrons. The molecule has 0 aromatic heterocycles. The molecule has 0 aliphatic carbocycles. The summed E-state index contributed by atoms with van der Waals surface area (Å²) in [7, 11) is 0. The fourth-order valence-corrected chi connectivity index (χ4v) is 2.54. The maximum atomic E-state index is 13.9. The quantitative estimate of drug-likeness (QED) is 0.373. The Morgan fingerprint density at radius 3 is 1.83 bits per heavy atom. The van der Waals surface area contributed by atoms with Crippen molar-refractivity contribution in [2.75, 3.05) is 6.61 Å². The van der Waals surface area contributed by atoms with Crippen LogP contribution >= 0.6 is 0 Å². The largest absolute Gasteiger partial charge is 0.494 e. The van der Waals surface area contributed by atoms with Crippen molar-refractivity contribution in [2.24, 2.45) is 0 Å². The first-order valence-electron chi connectivity index (χ1n) is 10.0. The Balaban J connectivity index is 1.94. The Hall–Kier alpha value is -3.04. The van der Waals surface area contributed by atoms with Gasteiger partial charge in [0.1, 0.15) is 5.75 Å². The Kier molecular flexibility index (Phi) is 9.53. The van der Waals surface area contributed by atoms with Crippen molar-refractivity contribution in [3.05, 3.63) is 76.9 Å². The zero-order chi connectivity index (χ0) is 20.9. The van der Waals surface area contributed by atoms with E-state index in [2.05, 4.69) is 30.6 Å². The molecule has 0 heterocycles. The maximum absolute atomic E-state index is 13.9. The van der Waals surface area contributed by atoms with Gasteiger partial charge in [0.2, 0.25) is 11.7 Å². The molecule has 0 spiro atoms. The number of ether oxygens (including phenoxy) is 1. The van der Waals surface area contributed by atoms with Crippen LogP contribution in [0.1, 0.15) is 56.2 Å². The molecule has 0 bridgehead atoms. The fraction of sp³-hybridized carbons (Fsp3) is 0.308. The summed E-state index contributed by atoms with van der Waals surface area (Å²) in [4.78, 5) is 0. The molecule has 0 amide bonds. The lowest BCUT2D eigenvalue weighted by Gasteiger charge is -2.05. The lowest BCUT2D eigenvalue weighted by molar-refractivity contribution is 0.305. The van der Waals surface area contributed by atoms with E-state index in [0.717, 1.165) is 30.6 Å². The Morgan fingerprint density at radius 2 is 1.31 bits per heavy atom. The second-order valence-electron chi connectivity index (χ2n) is 6.61. The molecule has 2 rings (SSSR count). The van der Waals surface area contributed by atoms with Crippen LogP contribution in [0.2, 0.25) is 0 Å². The minimum Gasteiger partial charge on any atom is -0.494 e. The van der Waals surface area contributed by atoms with Gasteiger partial charge in [0.05, 0.1) is 6.61 Å². The Labute approximate surface area is 172 Å². The topological polar surface area (TPSA) is 9.23 Å². The number of rotatable bonds is 7. The van der Waals surface area contributed by atoms with Gasteiger partial charge < -0.3 is 4.74 Å². The first kappa shape index (κ1) is 22.3. The molecule has 29 heavy (non-hydrogen) atoms. The number of halogens is 2. The summed E-state index contributed by atoms with van der Waals surface area (Å²) in [6, 6.07) is 14.4. The van der Waals surface area contributed by atoms with Crippen molar-refractivity contribution in [3.8, 4) is 29.4 Å². The van der Waals surface area contributed by atoms with Crippen molar-refractivity contribution in [1.29, 1.82) is 0 Å². The SMILES string of the molecule is CCCCCCOc1ccc(C#CC(F)=C(F)C#Cc2ccc(CC)cc2)cc1. The second-order valence-corrected chi connectivity index (χ2v) is 6.61. The number of hydrogen-bond donors (Lipinski definition) is 0. The summed E-state index contributed by atoms with van der Waals surface area (Å²) in [6.45, 7) is 4.89. The van der Waals surface area contributed by atoms with Gasteiger partial charge in [0, 0.05) is 11.1 Å². The van der Waals surface area contributed by atoms with Gasteiger partial charge >= 0.3 is 0 Å². The molecule has 2 aromatic carbocycles. The molecule has 0 atom stereocenters. The van der Waals surface area contributed by atoms with E-state index >= 15 is 0 Å². The van der Waals surface area contributed by atoms with Crippen LogP contribution in [-0.4, -0.2) is 6.61 Å². The van der Waals surface area contributed by atoms with Crippen LogP contribution in [0.4, 0.5) is 8.78 Å². The van der Waals surface area contributed by atoms with Gasteiger partial charge in [0.15, 0.2) is 0 Å². The molecule has 0 fully saturated rings. The highest BCUT2D eigenvalue weighted by molar-refractivity contribution is 5.46. The number of unbranched alkanes of at least 4 members (excludes halogenated alkanes) is 3. The minimum absolute atomic E-state index is 0.578. The van der Waals surface area contributed by atoms with Crippen molar-refractivity contribution < 1.29 is 13.5 Å². The summed E-state index contributed by atoms with van der Waals surface area (Å²) in [5.41, 5.74) is 2.37. The standard InChI is InChI=1S/C26H26F2O/c1-3-5-6-7-20-29-24-16-12-23(13-17-24)15-19-26(28)25(27)18-14-22-10-8-21(4-2)9-11-22/h8-13,16-17H,3-7,20H2,1-2H3. The average Bonchev–Trinajstić information content (AvgIpc) is 2.76. The number of benzene rings is 2. The van der Waals surface area contributed by atoms with E-state index in [4.69, 9.17) is 4.74 Å². The number of aryl methyl sites for hydroxylation is 1. The highest BCUT2D eigenvalue weighted by Gasteiger charge is 2.00. The van der Waals surface area contributed by atoms with Crippen LogP contribution in [0, 0.1) is 23.7 Å². The summed E-state index contributed by atoms with van der Waals surface area (Å²) in [6.07, 6.45) is 5.50. The molecule has 2 aromatic rings. The van der Waals surface area contributed by atoms with E-state index in [-0.39, 0.29) is 0 Å². The van der Waals surface area contributed by atoms with Gasteiger partial charge in [0.25, 0.3) is 0 Å². The lowest BCUT2D eigenvalue weighted by Crippen LogP contribution is -1.96. The van der Waals surface area contributed by atoms with E-state index in [1.54, 1.807) is 36.4 Å². The molecule has 0 N–H and O–H groups in total. The van der Waals surface area contributed by atoms with Gasteiger partial charge in [-0.15, -0.1) is 0 Å². The molecule has 150 valence electrons. The van der Waals surface area contributed by atoms with Crippen molar-refractivity contribution in [2.45, 2.75) is 46.0 Å². The van der Waals surface area contributed by atoms with Crippen LogP contribution in [0.3, 0.4) is 0 Å². The zero-order valence-corrected chi connectivity index (χ0v) is 17.0. The fourth-order valence-electron chi connectivity index (χ4n) is 2.54. The lowest BCUT2D eigenvalue weighted by atomic mass is 10.1. The number of hydrogen-bond acceptors (Lipinski definition) is 1. The normalized spacial score (nSPS) is 10.9. The van der Waals surface area contributed by atoms with Crippen molar-refractivity contribution in [1.82, 2.24) is 0 Å². The Morgan fingerprint density at radius 1 is 0.759 bits per heavy atom. The van der Waals surface area contributed by atoms with Gasteiger partial charge in [-0.25, -0.2) is 0 Å². The molecular weight excluding hydrogens is 366 g/mol. The summed E-state index contributed by atoms with van der Waals surface area (Å²) < 4.78 is 33.3. The maximum Gasteiger partial charge on any atom is 0.217 e. The first-order valence-corrected chi connectivity index (χ1v) is 10.0. The van der Waals surface area contributed by atoms with E-state index in [9.17, 15) is 8.78 Å². The average molecular weight is 392 g/mol. The van der Waals surface area contributed by atoms with E-state index < -0.39 is 11.7 Å². The Bertz CT molecular complexity index is 917. The zero-order valence-electron chi connectivity index (χ0n) is 17.0. The second kappa shape index (κ2) is 12.4. The van der Waals surface area contributed by atoms with Crippen molar-refractivity contribution in [3.63, 3.8) is 0 Å². The molecule has 1 nitrogen and oxygen atoms in total. The van der Waals surface area contributed by atoms with E-state index in [1.165, 1.54) is 12.8 Å². The van der Waals surface area contributed by atoms with Crippen LogP contribution in [0.5, 0.6) is 5.75 Å². The van der Waals surface area contributed by atoms with Crippen LogP contribution in [-0.2, 0) is 6.42 Å². The molecule has 0 saturated carbocycles. The summed E-state index contributed by atoms with van der Waals surface area (Å²) in [5, 5.41) is 0. The van der Waals surface area contributed by atoms with Crippen LogP contribution in [0.15, 0.2) is 60.2 Å². The molecule has 0 aliphatic heterocycles. The van der Waals surface area contributed by atoms with Gasteiger partial charge in [-0.05, 0) is 66.6 Å². The van der Waals surface area contributed by atoms with E-state index in [0.29, 0.717) is 17.7 Å². The van der Waals surface area contributed by atoms with Gasteiger partial charge in [-0.3, -0.25) is 0 Å². The predicted molar refractivity (Wildman–Crippen MR) is 115 cm³/mol. The van der Waals surface area contributed by atoms with E-state index in [1.807, 2.05) is 19.1 Å². The summed E-state index contributed by atoms with van der Waals surface area (Å²) in [5.74, 6) is 7.99. The smallest absolute Gasteiger partial charge is 0.217 e. The molecule has 0 saturated heterocycles. The third kappa shape index (κ3) is 8.24. The van der Waals surface area contributed by atoms with Crippen LogP contribution < -0.4 is 4.74 Å². The molecule has 0 unspecified atom stereocenters. The predicted octanol–water partition coefficient (Wildman–Crippen LogP) is 6.76. The van der Waals surface area contributed by atoms with Crippen molar-refractivity contribution >= 4 is 0 Å². The third-order valence-electron chi connectivity index (χ3n) is 4.31. The number of allylic oxidation sites excluding steroid dienone is 2. The molecule has 0 aliphatic rings. The molecule has 3 heteroatoms. The van der Waals surface area contributed by atoms with Gasteiger partial charge in [-0.1, -0.05) is 57.1 Å². The minimum atomic E-state index is -1.17. The third-order valence-corrected chi connectivity index (χ3v) is 4.31. The highest BCUT2D eigenvalue weighted by Crippen LogP contribution is 2.13. The van der Waals surface area contributed by atoms with Gasteiger partial charge in [-0.2, -0.15) is 8.78 Å². The van der Waals surface area contributed by atoms with Crippen LogP contribution in [0.25, 0.3) is 0 Å². The molecular formula is C26H26F2O. The summed E-state index contributed by atoms with van der Waals surface area (Å²) >= 11 is 0.